The zero-order valence-corrected chi connectivity index (χ0v) is 8.77. The van der Waals surface area contributed by atoms with Crippen molar-refractivity contribution in [3.05, 3.63) is 0 Å². The van der Waals surface area contributed by atoms with Crippen LogP contribution in [0.25, 0.3) is 0 Å². The Labute approximate surface area is 71.2 Å². The van der Waals surface area contributed by atoms with E-state index in [4.69, 9.17) is 0 Å². The third-order valence-corrected chi connectivity index (χ3v) is 1.14. The Balaban J connectivity index is 0. The largest absolute Gasteiger partial charge is 0.299 e. The van der Waals surface area contributed by atoms with Gasteiger partial charge in [0.2, 0.25) is 0 Å². The summed E-state index contributed by atoms with van der Waals surface area (Å²) in [4.78, 5) is 10.8. The van der Waals surface area contributed by atoms with Crippen molar-refractivity contribution >= 4 is 5.78 Å². The van der Waals surface area contributed by atoms with Gasteiger partial charge in [-0.05, 0) is 0 Å². The van der Waals surface area contributed by atoms with E-state index in [1.54, 1.807) is 0 Å². The van der Waals surface area contributed by atoms with E-state index in [2.05, 4.69) is 13.8 Å². The molecule has 0 rings (SSSR count). The van der Waals surface area contributed by atoms with Gasteiger partial charge in [0.1, 0.15) is 5.78 Å². The minimum Gasteiger partial charge on any atom is -0.299 e. The molecule has 0 aliphatic rings. The van der Waals surface area contributed by atoms with Crippen molar-refractivity contribution in [2.75, 3.05) is 0 Å². The van der Waals surface area contributed by atoms with Crippen LogP contribution in [0.15, 0.2) is 0 Å². The number of rotatable bonds is 2. The molecule has 0 aromatic carbocycles. The van der Waals surface area contributed by atoms with Gasteiger partial charge >= 0.3 is 0 Å². The van der Waals surface area contributed by atoms with Crippen LogP contribution < -0.4 is 0 Å². The summed E-state index contributed by atoms with van der Waals surface area (Å²) in [6.07, 6.45) is 1.25. The average molecular weight is 158 g/mol. The molecule has 0 fully saturated rings. The predicted octanol–water partition coefficient (Wildman–Crippen LogP) is 3.28. The molecule has 0 aliphatic carbocycles. The molecule has 0 heterocycles. The summed E-state index contributed by atoms with van der Waals surface area (Å²) in [5, 5.41) is 0. The van der Waals surface area contributed by atoms with Crippen LogP contribution in [0.3, 0.4) is 0 Å². The normalized spacial score (nSPS) is 9.45. The molecule has 0 radical (unpaired) electrons. The first kappa shape index (κ1) is 13.3. The molecule has 0 bridgehead atoms. The third kappa shape index (κ3) is 9.67. The summed E-state index contributed by atoms with van der Waals surface area (Å²) < 4.78 is 0. The van der Waals surface area contributed by atoms with Gasteiger partial charge in [0, 0.05) is 11.8 Å². The lowest BCUT2D eigenvalue weighted by Gasteiger charge is -2.05. The summed E-state index contributed by atoms with van der Waals surface area (Å²) in [6, 6.07) is 0. The molecule has 0 unspecified atom stereocenters. The highest BCUT2D eigenvalue weighted by molar-refractivity contribution is 5.81. The first-order chi connectivity index (χ1) is 4.97. The maximum atomic E-state index is 10.8. The molecule has 11 heavy (non-hydrogen) atoms. The van der Waals surface area contributed by atoms with E-state index in [-0.39, 0.29) is 11.8 Å². The van der Waals surface area contributed by atoms with Gasteiger partial charge < -0.3 is 0 Å². The van der Waals surface area contributed by atoms with Gasteiger partial charge in [0.05, 0.1) is 0 Å². The summed E-state index contributed by atoms with van der Waals surface area (Å²) >= 11 is 0. The summed E-state index contributed by atoms with van der Waals surface area (Å²) in [5.74, 6) is 0.759. The number of hydrogen-bond acceptors (Lipinski definition) is 1. The van der Waals surface area contributed by atoms with Crippen LogP contribution in [-0.4, -0.2) is 5.78 Å². The van der Waals surface area contributed by atoms with E-state index < -0.39 is 0 Å². The molecule has 0 aliphatic heterocycles. The Morgan fingerprint density at radius 1 is 1.00 bits per heavy atom. The van der Waals surface area contributed by atoms with Crippen molar-refractivity contribution < 1.29 is 4.79 Å². The molecule has 0 aromatic rings. The van der Waals surface area contributed by atoms with Crippen molar-refractivity contribution in [1.82, 2.24) is 0 Å². The highest BCUT2D eigenvalue weighted by atomic mass is 16.1. The van der Waals surface area contributed by atoms with Crippen LogP contribution in [0.4, 0.5) is 0 Å². The topological polar surface area (TPSA) is 17.1 Å². The van der Waals surface area contributed by atoms with Crippen LogP contribution in [-0.2, 0) is 4.79 Å². The third-order valence-electron chi connectivity index (χ3n) is 1.14. The molecule has 1 heteroatoms. The quantitative estimate of drug-likeness (QED) is 0.602. The number of ketones is 1. The van der Waals surface area contributed by atoms with E-state index in [0.29, 0.717) is 5.78 Å². The predicted molar refractivity (Wildman–Crippen MR) is 50.6 cm³/mol. The van der Waals surface area contributed by atoms with Gasteiger partial charge in [-0.15, -0.1) is 0 Å². The standard InChI is InChI=1S/C7H14O.C3H8/c1-5(2)7(8)6(3)4;1-3-2/h5-6H,1-4H3;3H2,1-2H3. The minimum absolute atomic E-state index is 0.204. The molecule has 68 valence electrons. The molecule has 0 spiro atoms. The molecule has 0 saturated heterocycles. The number of carbonyl (C=O) groups is 1. The number of Topliss-reactive ketones (excluding diaryl/α,β-unsaturated/α-hetero) is 1. The van der Waals surface area contributed by atoms with Crippen LogP contribution in [0, 0.1) is 11.8 Å². The summed E-state index contributed by atoms with van der Waals surface area (Å²) in [5.41, 5.74) is 0. The lowest BCUT2D eigenvalue weighted by molar-refractivity contribution is -0.124. The molecular weight excluding hydrogens is 136 g/mol. The molecule has 0 N–H and O–H groups in total. The summed E-state index contributed by atoms with van der Waals surface area (Å²) in [7, 11) is 0. The minimum atomic E-state index is 0.204. The lowest BCUT2D eigenvalue weighted by atomic mass is 9.99. The van der Waals surface area contributed by atoms with Gasteiger partial charge in [0.15, 0.2) is 0 Å². The SMILES string of the molecule is CC(C)C(=O)C(C)C.CCC. The van der Waals surface area contributed by atoms with Gasteiger partial charge in [-0.3, -0.25) is 4.79 Å². The van der Waals surface area contributed by atoms with Crippen LogP contribution in [0.5, 0.6) is 0 Å². The Bertz CT molecular complexity index is 83.0. The molecule has 0 aromatic heterocycles. The maximum Gasteiger partial charge on any atom is 0.137 e. The van der Waals surface area contributed by atoms with Gasteiger partial charge in [0.25, 0.3) is 0 Å². The number of carbonyl (C=O) groups excluding carboxylic acids is 1. The molecule has 1 nitrogen and oxygen atoms in total. The summed E-state index contributed by atoms with van der Waals surface area (Å²) in [6.45, 7) is 12.0. The van der Waals surface area contributed by atoms with E-state index >= 15 is 0 Å². The fourth-order valence-corrected chi connectivity index (χ4v) is 0.667. The van der Waals surface area contributed by atoms with E-state index in [1.165, 1.54) is 6.42 Å². The Morgan fingerprint density at radius 3 is 1.18 bits per heavy atom. The fraction of sp³-hybridized carbons (Fsp3) is 0.900. The molecule has 0 amide bonds. The first-order valence-electron chi connectivity index (χ1n) is 4.51. The average Bonchev–Trinajstić information content (AvgIpc) is 1.87. The maximum absolute atomic E-state index is 10.8. The van der Waals surface area contributed by atoms with Crippen molar-refractivity contribution in [3.8, 4) is 0 Å². The monoisotopic (exact) mass is 158 g/mol. The fourth-order valence-electron chi connectivity index (χ4n) is 0.667. The van der Waals surface area contributed by atoms with Crippen LogP contribution in [0.2, 0.25) is 0 Å². The smallest absolute Gasteiger partial charge is 0.137 e. The second kappa shape index (κ2) is 7.77. The number of hydrogen-bond donors (Lipinski definition) is 0. The van der Waals surface area contributed by atoms with Gasteiger partial charge in [-0.2, -0.15) is 0 Å². The Kier molecular flexibility index (Phi) is 9.38. The molecule has 0 saturated carbocycles. The van der Waals surface area contributed by atoms with Crippen molar-refractivity contribution in [1.29, 1.82) is 0 Å². The highest BCUT2D eigenvalue weighted by Crippen LogP contribution is 2.03. The first-order valence-corrected chi connectivity index (χ1v) is 4.51. The zero-order valence-electron chi connectivity index (χ0n) is 8.77. The Hall–Kier alpha value is -0.330. The Morgan fingerprint density at radius 2 is 1.18 bits per heavy atom. The van der Waals surface area contributed by atoms with Crippen molar-refractivity contribution in [3.63, 3.8) is 0 Å². The van der Waals surface area contributed by atoms with E-state index in [9.17, 15) is 4.79 Å². The van der Waals surface area contributed by atoms with Crippen LogP contribution in [0.1, 0.15) is 48.0 Å². The highest BCUT2D eigenvalue weighted by Gasteiger charge is 2.09. The zero-order chi connectivity index (χ0) is 9.44. The lowest BCUT2D eigenvalue weighted by Crippen LogP contribution is -2.13. The van der Waals surface area contributed by atoms with Gasteiger partial charge in [-0.1, -0.05) is 48.0 Å². The van der Waals surface area contributed by atoms with Crippen LogP contribution >= 0.6 is 0 Å². The van der Waals surface area contributed by atoms with Crippen molar-refractivity contribution in [2.24, 2.45) is 11.8 Å². The van der Waals surface area contributed by atoms with Gasteiger partial charge in [-0.25, -0.2) is 0 Å². The van der Waals surface area contributed by atoms with E-state index in [1.807, 2.05) is 27.7 Å². The second-order valence-electron chi connectivity index (χ2n) is 3.42. The van der Waals surface area contributed by atoms with E-state index in [0.717, 1.165) is 0 Å². The molecule has 0 atom stereocenters. The van der Waals surface area contributed by atoms with Crippen molar-refractivity contribution in [2.45, 2.75) is 48.0 Å². The molecular formula is C10H22O. The second-order valence-corrected chi connectivity index (χ2v) is 3.42.